The molecule has 4 rings (SSSR count). The van der Waals surface area contributed by atoms with E-state index in [0.717, 1.165) is 49.9 Å². The van der Waals surface area contributed by atoms with Crippen LogP contribution in [-0.4, -0.2) is 6.10 Å². The molecule has 3 aliphatic rings. The minimum Gasteiger partial charge on any atom is -0.487 e. The van der Waals surface area contributed by atoms with Gasteiger partial charge in [0.2, 0.25) is 5.82 Å². The smallest absolute Gasteiger partial charge is 0.200 e. The quantitative estimate of drug-likeness (QED) is 0.307. The van der Waals surface area contributed by atoms with E-state index in [9.17, 15) is 4.39 Å². The van der Waals surface area contributed by atoms with E-state index in [1.54, 1.807) is 6.07 Å². The molecule has 0 amide bonds. The first-order chi connectivity index (χ1) is 16.6. The Morgan fingerprint density at radius 1 is 0.706 bits per heavy atom. The Kier molecular flexibility index (Phi) is 9.71. The molecular formula is C31H48F2O. The van der Waals surface area contributed by atoms with Gasteiger partial charge in [-0.05, 0) is 99.0 Å². The predicted molar refractivity (Wildman–Crippen MR) is 137 cm³/mol. The maximum Gasteiger partial charge on any atom is 0.200 e. The summed E-state index contributed by atoms with van der Waals surface area (Å²) in [6, 6.07) is 3.52. The van der Waals surface area contributed by atoms with Crippen molar-refractivity contribution in [3.05, 3.63) is 29.3 Å². The Morgan fingerprint density at radius 3 is 2.06 bits per heavy atom. The van der Waals surface area contributed by atoms with E-state index in [0.29, 0.717) is 11.5 Å². The molecule has 0 aromatic heterocycles. The van der Waals surface area contributed by atoms with Gasteiger partial charge in [-0.15, -0.1) is 0 Å². The predicted octanol–water partition coefficient (Wildman–Crippen LogP) is 9.97. The normalized spacial score (nSPS) is 32.1. The van der Waals surface area contributed by atoms with Crippen LogP contribution in [0, 0.1) is 35.3 Å². The molecule has 34 heavy (non-hydrogen) atoms. The second-order valence-corrected chi connectivity index (χ2v) is 11.9. The van der Waals surface area contributed by atoms with Gasteiger partial charge in [0, 0.05) is 0 Å². The summed E-state index contributed by atoms with van der Waals surface area (Å²) < 4.78 is 35.9. The number of ether oxygens (including phenoxy) is 1. The van der Waals surface area contributed by atoms with Gasteiger partial charge < -0.3 is 4.74 Å². The van der Waals surface area contributed by atoms with E-state index in [1.807, 2.05) is 6.07 Å². The first-order valence-electron chi connectivity index (χ1n) is 14.7. The molecule has 0 radical (unpaired) electrons. The van der Waals surface area contributed by atoms with Crippen LogP contribution in [0.1, 0.15) is 134 Å². The Bertz CT molecular complexity index is 746. The van der Waals surface area contributed by atoms with Crippen molar-refractivity contribution in [2.45, 2.75) is 135 Å². The standard InChI is InChI=1S/C31H48F2O/c1-3-5-6-8-22-9-12-24(13-10-22)25-14-16-26(17-15-25)28-19-20-29(31(33)30(28)32)34-27-18-11-23(21-27)7-4-2/h19-20,22-27H,3-18,21H2,1-2H3. The summed E-state index contributed by atoms with van der Waals surface area (Å²) in [6.07, 6.45) is 21.0. The van der Waals surface area contributed by atoms with Gasteiger partial charge in [-0.3, -0.25) is 0 Å². The average Bonchev–Trinajstić information content (AvgIpc) is 3.30. The molecule has 3 aliphatic carbocycles. The van der Waals surface area contributed by atoms with Crippen LogP contribution >= 0.6 is 0 Å². The third-order valence-corrected chi connectivity index (χ3v) is 9.55. The molecule has 0 spiro atoms. The summed E-state index contributed by atoms with van der Waals surface area (Å²) in [7, 11) is 0. The molecule has 192 valence electrons. The first-order valence-corrected chi connectivity index (χ1v) is 14.7. The monoisotopic (exact) mass is 474 g/mol. The molecule has 3 saturated carbocycles. The highest BCUT2D eigenvalue weighted by Crippen LogP contribution is 2.45. The Labute approximate surface area is 207 Å². The highest BCUT2D eigenvalue weighted by atomic mass is 19.2. The average molecular weight is 475 g/mol. The van der Waals surface area contributed by atoms with Crippen molar-refractivity contribution < 1.29 is 13.5 Å². The van der Waals surface area contributed by atoms with Gasteiger partial charge in [0.1, 0.15) is 0 Å². The van der Waals surface area contributed by atoms with Crippen molar-refractivity contribution >= 4 is 0 Å². The number of benzene rings is 1. The van der Waals surface area contributed by atoms with Crippen LogP contribution in [0.2, 0.25) is 0 Å². The van der Waals surface area contributed by atoms with E-state index >= 15 is 4.39 Å². The molecule has 1 aromatic rings. The summed E-state index contributed by atoms with van der Waals surface area (Å²) in [5.41, 5.74) is 0.582. The number of hydrogen-bond acceptors (Lipinski definition) is 1. The van der Waals surface area contributed by atoms with E-state index in [-0.39, 0.29) is 17.8 Å². The van der Waals surface area contributed by atoms with Gasteiger partial charge in [-0.1, -0.05) is 71.3 Å². The minimum absolute atomic E-state index is 0.0356. The van der Waals surface area contributed by atoms with E-state index in [2.05, 4.69) is 13.8 Å². The van der Waals surface area contributed by atoms with Crippen LogP contribution in [0.3, 0.4) is 0 Å². The maximum absolute atomic E-state index is 15.1. The fourth-order valence-corrected chi connectivity index (χ4v) is 7.47. The summed E-state index contributed by atoms with van der Waals surface area (Å²) >= 11 is 0. The van der Waals surface area contributed by atoms with Gasteiger partial charge in [0.25, 0.3) is 0 Å². The lowest BCUT2D eigenvalue weighted by Gasteiger charge is -2.38. The number of unbranched alkanes of at least 4 members (excludes halogenated alkanes) is 2. The third-order valence-electron chi connectivity index (χ3n) is 9.55. The van der Waals surface area contributed by atoms with Gasteiger partial charge in [0.05, 0.1) is 6.10 Å². The molecule has 0 N–H and O–H groups in total. The van der Waals surface area contributed by atoms with Crippen LogP contribution < -0.4 is 4.74 Å². The van der Waals surface area contributed by atoms with Gasteiger partial charge >= 0.3 is 0 Å². The fraction of sp³-hybridized carbons (Fsp3) is 0.806. The first kappa shape index (κ1) is 26.0. The van der Waals surface area contributed by atoms with E-state index in [4.69, 9.17) is 4.74 Å². The molecule has 2 atom stereocenters. The van der Waals surface area contributed by atoms with Crippen molar-refractivity contribution in [2.75, 3.05) is 0 Å². The zero-order chi connectivity index (χ0) is 23.9. The van der Waals surface area contributed by atoms with Crippen molar-refractivity contribution in [3.8, 4) is 5.75 Å². The van der Waals surface area contributed by atoms with Gasteiger partial charge in [-0.2, -0.15) is 4.39 Å². The fourth-order valence-electron chi connectivity index (χ4n) is 7.47. The zero-order valence-electron chi connectivity index (χ0n) is 21.8. The largest absolute Gasteiger partial charge is 0.487 e. The minimum atomic E-state index is -0.764. The molecule has 0 aliphatic heterocycles. The topological polar surface area (TPSA) is 9.23 Å². The Hall–Kier alpha value is -1.12. The van der Waals surface area contributed by atoms with Crippen molar-refractivity contribution in [2.24, 2.45) is 23.7 Å². The molecular weight excluding hydrogens is 426 g/mol. The summed E-state index contributed by atoms with van der Waals surface area (Å²) in [4.78, 5) is 0. The van der Waals surface area contributed by atoms with Gasteiger partial charge in [-0.25, -0.2) is 4.39 Å². The van der Waals surface area contributed by atoms with Crippen molar-refractivity contribution in [1.29, 1.82) is 0 Å². The summed E-state index contributed by atoms with van der Waals surface area (Å²) in [5.74, 6) is 2.15. The highest BCUT2D eigenvalue weighted by Gasteiger charge is 2.33. The molecule has 3 heteroatoms. The second kappa shape index (κ2) is 12.7. The number of hydrogen-bond donors (Lipinski definition) is 0. The number of rotatable bonds is 10. The molecule has 0 heterocycles. The lowest BCUT2D eigenvalue weighted by Crippen LogP contribution is -2.25. The lowest BCUT2D eigenvalue weighted by molar-refractivity contribution is 0.154. The SMILES string of the molecule is CCCCCC1CCC(C2CCC(c3ccc(OC4CCC(CCC)C4)c(F)c3F)CC2)CC1. The maximum atomic E-state index is 15.1. The molecule has 1 nitrogen and oxygen atoms in total. The molecule has 1 aromatic carbocycles. The third kappa shape index (κ3) is 6.55. The van der Waals surface area contributed by atoms with E-state index in [1.165, 1.54) is 77.0 Å². The lowest BCUT2D eigenvalue weighted by atomic mass is 9.68. The van der Waals surface area contributed by atoms with Crippen molar-refractivity contribution in [1.82, 2.24) is 0 Å². The Balaban J connectivity index is 1.25. The summed E-state index contributed by atoms with van der Waals surface area (Å²) in [5, 5.41) is 0. The molecule has 0 saturated heterocycles. The second-order valence-electron chi connectivity index (χ2n) is 11.9. The zero-order valence-corrected chi connectivity index (χ0v) is 21.8. The van der Waals surface area contributed by atoms with Crippen LogP contribution in [0.4, 0.5) is 8.78 Å². The number of halogens is 2. The van der Waals surface area contributed by atoms with Crippen molar-refractivity contribution in [3.63, 3.8) is 0 Å². The summed E-state index contributed by atoms with van der Waals surface area (Å²) in [6.45, 7) is 4.49. The molecule has 0 bridgehead atoms. The highest BCUT2D eigenvalue weighted by molar-refractivity contribution is 5.33. The Morgan fingerprint density at radius 2 is 1.38 bits per heavy atom. The van der Waals surface area contributed by atoms with Gasteiger partial charge in [0.15, 0.2) is 11.6 Å². The van der Waals surface area contributed by atoms with Crippen LogP contribution in [0.15, 0.2) is 12.1 Å². The molecule has 3 fully saturated rings. The van der Waals surface area contributed by atoms with Crippen LogP contribution in [0.25, 0.3) is 0 Å². The van der Waals surface area contributed by atoms with E-state index < -0.39 is 11.6 Å². The van der Waals surface area contributed by atoms with Crippen LogP contribution in [0.5, 0.6) is 5.75 Å². The molecule has 2 unspecified atom stereocenters. The van der Waals surface area contributed by atoms with Crippen LogP contribution in [-0.2, 0) is 0 Å².